The van der Waals surface area contributed by atoms with Gasteiger partial charge in [-0.25, -0.2) is 4.39 Å². The van der Waals surface area contributed by atoms with Crippen LogP contribution in [-0.2, 0) is 4.79 Å². The van der Waals surface area contributed by atoms with Gasteiger partial charge in [0.15, 0.2) is 0 Å². The van der Waals surface area contributed by atoms with Crippen molar-refractivity contribution in [2.24, 2.45) is 0 Å². The Morgan fingerprint density at radius 3 is 2.67 bits per heavy atom. The van der Waals surface area contributed by atoms with E-state index >= 15 is 0 Å². The molecular weight excluding hydrogens is 239 g/mol. The highest BCUT2D eigenvalue weighted by molar-refractivity contribution is 6.21. The summed E-state index contributed by atoms with van der Waals surface area (Å²) in [5.41, 5.74) is -0.117. The molecule has 5 nitrogen and oxygen atoms in total. The van der Waals surface area contributed by atoms with Crippen LogP contribution in [0, 0.1) is 5.82 Å². The van der Waals surface area contributed by atoms with Crippen molar-refractivity contribution >= 4 is 17.7 Å². The Hall–Kier alpha value is -2.24. The number of carbonyl (C=O) groups is 3. The third-order valence-corrected chi connectivity index (χ3v) is 2.66. The molecule has 1 aliphatic rings. The van der Waals surface area contributed by atoms with Gasteiger partial charge in [0.1, 0.15) is 5.82 Å². The maximum absolute atomic E-state index is 13.5. The number of benzene rings is 1. The number of hydrogen-bond acceptors (Lipinski definition) is 3. The van der Waals surface area contributed by atoms with Crippen molar-refractivity contribution in [1.82, 2.24) is 10.2 Å². The van der Waals surface area contributed by atoms with Gasteiger partial charge in [0.05, 0.1) is 11.1 Å². The maximum atomic E-state index is 13.5. The van der Waals surface area contributed by atoms with Crippen molar-refractivity contribution in [3.05, 3.63) is 35.1 Å². The molecule has 94 valence electrons. The van der Waals surface area contributed by atoms with Crippen molar-refractivity contribution in [3.63, 3.8) is 0 Å². The first-order valence-electron chi connectivity index (χ1n) is 5.41. The minimum atomic E-state index is -0.701. The fourth-order valence-corrected chi connectivity index (χ4v) is 1.84. The summed E-state index contributed by atoms with van der Waals surface area (Å²) in [6.07, 6.45) is 0. The fourth-order valence-electron chi connectivity index (χ4n) is 1.84. The summed E-state index contributed by atoms with van der Waals surface area (Å²) in [6, 6.07) is 3.94. The number of nitrogens with one attached hydrogen (secondary N) is 1. The first-order valence-corrected chi connectivity index (χ1v) is 5.41. The second-order valence-electron chi connectivity index (χ2n) is 3.91. The summed E-state index contributed by atoms with van der Waals surface area (Å²) in [6.45, 7) is 1.52. The minimum absolute atomic E-state index is 0.0331. The number of amides is 3. The zero-order valence-corrected chi connectivity index (χ0v) is 9.70. The molecule has 0 aromatic heterocycles. The van der Waals surface area contributed by atoms with E-state index in [4.69, 9.17) is 0 Å². The zero-order chi connectivity index (χ0) is 13.3. The van der Waals surface area contributed by atoms with Gasteiger partial charge in [0, 0.05) is 20.0 Å². The van der Waals surface area contributed by atoms with E-state index in [9.17, 15) is 18.8 Å². The Kier molecular flexibility index (Phi) is 3.10. The maximum Gasteiger partial charge on any atom is 0.264 e. The highest BCUT2D eigenvalue weighted by Gasteiger charge is 2.37. The average Bonchev–Trinajstić information content (AvgIpc) is 2.55. The lowest BCUT2D eigenvalue weighted by Gasteiger charge is -2.13. The molecule has 1 heterocycles. The van der Waals surface area contributed by atoms with E-state index in [1.165, 1.54) is 19.1 Å². The van der Waals surface area contributed by atoms with E-state index in [1.807, 2.05) is 0 Å². The molecule has 0 unspecified atom stereocenters. The predicted octanol–water partition coefficient (Wildman–Crippen LogP) is 0.558. The van der Waals surface area contributed by atoms with Gasteiger partial charge in [-0.1, -0.05) is 6.07 Å². The number of rotatable bonds is 3. The molecule has 0 spiro atoms. The molecule has 1 aromatic rings. The Morgan fingerprint density at radius 1 is 1.33 bits per heavy atom. The Bertz CT molecular complexity index is 542. The van der Waals surface area contributed by atoms with Gasteiger partial charge in [-0.05, 0) is 12.1 Å². The molecule has 3 amide bonds. The van der Waals surface area contributed by atoms with Crippen LogP contribution in [0.4, 0.5) is 4.39 Å². The first kappa shape index (κ1) is 12.2. The molecule has 0 fully saturated rings. The third kappa shape index (κ3) is 1.97. The van der Waals surface area contributed by atoms with Crippen molar-refractivity contribution in [2.75, 3.05) is 13.1 Å². The van der Waals surface area contributed by atoms with E-state index in [-0.39, 0.29) is 30.1 Å². The van der Waals surface area contributed by atoms with Gasteiger partial charge in [0.25, 0.3) is 11.8 Å². The molecule has 2 rings (SSSR count). The van der Waals surface area contributed by atoms with Gasteiger partial charge in [-0.15, -0.1) is 0 Å². The fraction of sp³-hybridized carbons (Fsp3) is 0.250. The standard InChI is InChI=1S/C12H11FN2O3/c1-7(16)14-5-6-15-11(17)8-3-2-4-9(13)10(8)12(15)18/h2-4H,5-6H2,1H3,(H,14,16). The molecule has 0 atom stereocenters. The number of imide groups is 1. The van der Waals surface area contributed by atoms with Crippen LogP contribution >= 0.6 is 0 Å². The number of nitrogens with zero attached hydrogens (tertiary/aromatic N) is 1. The summed E-state index contributed by atoms with van der Waals surface area (Å²) in [4.78, 5) is 35.3. The topological polar surface area (TPSA) is 66.5 Å². The first-order chi connectivity index (χ1) is 8.52. The van der Waals surface area contributed by atoms with Crippen LogP contribution in [0.3, 0.4) is 0 Å². The smallest absolute Gasteiger partial charge is 0.264 e. The summed E-state index contributed by atoms with van der Waals surface area (Å²) in [7, 11) is 0. The lowest BCUT2D eigenvalue weighted by atomic mass is 10.1. The zero-order valence-electron chi connectivity index (χ0n) is 9.70. The summed E-state index contributed by atoms with van der Waals surface area (Å²) >= 11 is 0. The van der Waals surface area contributed by atoms with E-state index < -0.39 is 17.6 Å². The predicted molar refractivity (Wildman–Crippen MR) is 60.5 cm³/mol. The van der Waals surface area contributed by atoms with Crippen LogP contribution < -0.4 is 5.32 Å². The number of hydrogen-bond donors (Lipinski definition) is 1. The van der Waals surface area contributed by atoms with Crippen LogP contribution in [0.25, 0.3) is 0 Å². The highest BCUT2D eigenvalue weighted by atomic mass is 19.1. The second kappa shape index (κ2) is 4.56. The van der Waals surface area contributed by atoms with Crippen LogP contribution in [0.2, 0.25) is 0 Å². The second-order valence-corrected chi connectivity index (χ2v) is 3.91. The summed E-state index contributed by atoms with van der Waals surface area (Å²) in [5.74, 6) is -2.14. The molecular formula is C12H11FN2O3. The van der Waals surface area contributed by atoms with Gasteiger partial charge >= 0.3 is 0 Å². The van der Waals surface area contributed by atoms with E-state index in [1.54, 1.807) is 0 Å². The average molecular weight is 250 g/mol. The molecule has 0 bridgehead atoms. The lowest BCUT2D eigenvalue weighted by Crippen LogP contribution is -2.37. The van der Waals surface area contributed by atoms with Crippen molar-refractivity contribution < 1.29 is 18.8 Å². The van der Waals surface area contributed by atoms with Crippen molar-refractivity contribution in [3.8, 4) is 0 Å². The molecule has 1 aromatic carbocycles. The molecule has 1 aliphatic heterocycles. The summed E-state index contributed by atoms with van der Waals surface area (Å²) < 4.78 is 13.5. The lowest BCUT2D eigenvalue weighted by molar-refractivity contribution is -0.119. The van der Waals surface area contributed by atoms with Gasteiger partial charge in [0.2, 0.25) is 5.91 Å². The Morgan fingerprint density at radius 2 is 2.06 bits per heavy atom. The van der Waals surface area contributed by atoms with Crippen LogP contribution in [0.1, 0.15) is 27.6 Å². The largest absolute Gasteiger partial charge is 0.355 e. The number of halogens is 1. The van der Waals surface area contributed by atoms with E-state index in [0.717, 1.165) is 11.0 Å². The van der Waals surface area contributed by atoms with Gasteiger partial charge in [-0.3, -0.25) is 19.3 Å². The quantitative estimate of drug-likeness (QED) is 0.797. The third-order valence-electron chi connectivity index (χ3n) is 2.66. The minimum Gasteiger partial charge on any atom is -0.355 e. The Labute approximate surface area is 103 Å². The van der Waals surface area contributed by atoms with Gasteiger partial charge in [-0.2, -0.15) is 0 Å². The van der Waals surface area contributed by atoms with Crippen LogP contribution in [-0.4, -0.2) is 35.7 Å². The summed E-state index contributed by atoms with van der Waals surface area (Å²) in [5, 5.41) is 2.48. The van der Waals surface area contributed by atoms with Crippen molar-refractivity contribution in [1.29, 1.82) is 0 Å². The molecule has 0 aliphatic carbocycles. The normalized spacial score (nSPS) is 13.8. The Balaban J connectivity index is 2.18. The monoisotopic (exact) mass is 250 g/mol. The van der Waals surface area contributed by atoms with Crippen molar-refractivity contribution in [2.45, 2.75) is 6.92 Å². The highest BCUT2D eigenvalue weighted by Crippen LogP contribution is 2.24. The molecule has 18 heavy (non-hydrogen) atoms. The van der Waals surface area contributed by atoms with Crippen LogP contribution in [0.5, 0.6) is 0 Å². The number of fused-ring (bicyclic) bond motifs is 1. The van der Waals surface area contributed by atoms with E-state index in [0.29, 0.717) is 0 Å². The molecule has 1 N–H and O–H groups in total. The SMILES string of the molecule is CC(=O)NCCN1C(=O)c2cccc(F)c2C1=O. The van der Waals surface area contributed by atoms with E-state index in [2.05, 4.69) is 5.32 Å². The number of carbonyl (C=O) groups excluding carboxylic acids is 3. The molecule has 0 radical (unpaired) electrons. The molecule has 0 saturated carbocycles. The van der Waals surface area contributed by atoms with Crippen LogP contribution in [0.15, 0.2) is 18.2 Å². The molecule has 6 heteroatoms. The molecule has 0 saturated heterocycles. The van der Waals surface area contributed by atoms with Gasteiger partial charge < -0.3 is 5.32 Å².